The molecule has 1 aromatic rings. The Labute approximate surface area is 98.4 Å². The molecule has 1 saturated heterocycles. The first-order valence-electron chi connectivity index (χ1n) is 5.02. The van der Waals surface area contributed by atoms with Gasteiger partial charge in [0.2, 0.25) is 0 Å². The van der Waals surface area contributed by atoms with E-state index in [0.29, 0.717) is 10.9 Å². The van der Waals surface area contributed by atoms with Gasteiger partial charge in [-0.3, -0.25) is 0 Å². The van der Waals surface area contributed by atoms with Crippen LogP contribution in [0.15, 0.2) is 18.2 Å². The molecule has 1 aliphatic rings. The summed E-state index contributed by atoms with van der Waals surface area (Å²) in [6, 6.07) is 4.55. The van der Waals surface area contributed by atoms with Crippen LogP contribution in [0.4, 0.5) is 10.1 Å². The second-order valence-corrected chi connectivity index (χ2v) is 5.35. The highest BCUT2D eigenvalue weighted by Crippen LogP contribution is 2.24. The molecule has 0 spiro atoms. The molecule has 1 unspecified atom stereocenters. The van der Waals surface area contributed by atoms with Crippen molar-refractivity contribution in [3.8, 4) is 0 Å². The summed E-state index contributed by atoms with van der Waals surface area (Å²) in [6.07, 6.45) is 1.25. The maximum absolute atomic E-state index is 13.0. The van der Waals surface area contributed by atoms with Crippen LogP contribution < -0.4 is 5.32 Å². The first-order valence-corrected chi connectivity index (χ1v) is 6.55. The van der Waals surface area contributed by atoms with Crippen molar-refractivity contribution in [3.05, 3.63) is 29.0 Å². The lowest BCUT2D eigenvalue weighted by Gasteiger charge is -2.11. The SMILES string of the molecule is Fc1cc(Cl)cc(NCC2CCSC2)c1. The molecule has 0 aliphatic carbocycles. The van der Waals surface area contributed by atoms with Crippen molar-refractivity contribution in [3.63, 3.8) is 0 Å². The average Bonchev–Trinajstić information content (AvgIpc) is 2.65. The lowest BCUT2D eigenvalue weighted by molar-refractivity contribution is 0.622. The smallest absolute Gasteiger partial charge is 0.126 e. The van der Waals surface area contributed by atoms with Gasteiger partial charge in [-0.2, -0.15) is 11.8 Å². The molecule has 1 aromatic carbocycles. The summed E-state index contributed by atoms with van der Waals surface area (Å²) in [6.45, 7) is 0.910. The maximum Gasteiger partial charge on any atom is 0.126 e. The van der Waals surface area contributed by atoms with Gasteiger partial charge in [0.05, 0.1) is 0 Å². The maximum atomic E-state index is 13.0. The molecule has 1 fully saturated rings. The fourth-order valence-corrected chi connectivity index (χ4v) is 3.17. The van der Waals surface area contributed by atoms with Crippen LogP contribution in [0.25, 0.3) is 0 Å². The molecular formula is C11H13ClFNS. The fourth-order valence-electron chi connectivity index (χ4n) is 1.66. The zero-order valence-corrected chi connectivity index (χ0v) is 9.87. The van der Waals surface area contributed by atoms with Crippen molar-refractivity contribution in [2.75, 3.05) is 23.4 Å². The number of hydrogen-bond acceptors (Lipinski definition) is 2. The van der Waals surface area contributed by atoms with Crippen molar-refractivity contribution < 1.29 is 4.39 Å². The van der Waals surface area contributed by atoms with Crippen LogP contribution >= 0.6 is 23.4 Å². The molecule has 0 saturated carbocycles. The Balaban J connectivity index is 1.92. The van der Waals surface area contributed by atoms with Gasteiger partial charge >= 0.3 is 0 Å². The van der Waals surface area contributed by atoms with Crippen LogP contribution in [0.1, 0.15) is 6.42 Å². The van der Waals surface area contributed by atoms with Crippen molar-refractivity contribution >= 4 is 29.1 Å². The fraction of sp³-hybridized carbons (Fsp3) is 0.455. The lowest BCUT2D eigenvalue weighted by Crippen LogP contribution is -2.13. The Morgan fingerprint density at radius 2 is 2.33 bits per heavy atom. The number of rotatable bonds is 3. The van der Waals surface area contributed by atoms with E-state index in [1.54, 1.807) is 6.07 Å². The van der Waals surface area contributed by atoms with Crippen molar-refractivity contribution in [2.24, 2.45) is 5.92 Å². The van der Waals surface area contributed by atoms with Gasteiger partial charge in [0.25, 0.3) is 0 Å². The molecule has 1 nitrogen and oxygen atoms in total. The minimum atomic E-state index is -0.286. The number of anilines is 1. The van der Waals surface area contributed by atoms with E-state index >= 15 is 0 Å². The normalized spacial score (nSPS) is 20.5. The van der Waals surface area contributed by atoms with Crippen LogP contribution in [0.3, 0.4) is 0 Å². The summed E-state index contributed by atoms with van der Waals surface area (Å²) in [4.78, 5) is 0. The minimum absolute atomic E-state index is 0.286. The van der Waals surface area contributed by atoms with Gasteiger partial charge in [0, 0.05) is 17.3 Å². The molecule has 1 N–H and O–H groups in total. The molecule has 0 aromatic heterocycles. The van der Waals surface area contributed by atoms with Gasteiger partial charge in [0.15, 0.2) is 0 Å². The summed E-state index contributed by atoms with van der Waals surface area (Å²) in [5, 5.41) is 3.67. The molecule has 0 bridgehead atoms. The van der Waals surface area contributed by atoms with Crippen LogP contribution in [0.5, 0.6) is 0 Å². The summed E-state index contributed by atoms with van der Waals surface area (Å²) >= 11 is 7.74. The number of hydrogen-bond donors (Lipinski definition) is 1. The van der Waals surface area contributed by atoms with Gasteiger partial charge in [0.1, 0.15) is 5.82 Å². The average molecular weight is 246 g/mol. The van der Waals surface area contributed by atoms with Gasteiger partial charge < -0.3 is 5.32 Å². The Hall–Kier alpha value is -0.410. The number of benzene rings is 1. The monoisotopic (exact) mass is 245 g/mol. The number of halogens is 2. The molecule has 4 heteroatoms. The Morgan fingerprint density at radius 3 is 3.00 bits per heavy atom. The number of nitrogens with one attached hydrogen (secondary N) is 1. The van der Waals surface area contributed by atoms with E-state index in [1.807, 2.05) is 11.8 Å². The van der Waals surface area contributed by atoms with Crippen LogP contribution in [-0.2, 0) is 0 Å². The van der Waals surface area contributed by atoms with Crippen LogP contribution in [0, 0.1) is 11.7 Å². The first kappa shape index (κ1) is 11.1. The van der Waals surface area contributed by atoms with Gasteiger partial charge in [-0.1, -0.05) is 11.6 Å². The highest BCUT2D eigenvalue weighted by molar-refractivity contribution is 7.99. The molecule has 2 rings (SSSR count). The van der Waals surface area contributed by atoms with Gasteiger partial charge in [-0.15, -0.1) is 0 Å². The van der Waals surface area contributed by atoms with E-state index in [0.717, 1.165) is 12.2 Å². The number of thioether (sulfide) groups is 1. The molecule has 0 amide bonds. The van der Waals surface area contributed by atoms with Crippen molar-refractivity contribution in [1.82, 2.24) is 0 Å². The van der Waals surface area contributed by atoms with Crippen LogP contribution in [-0.4, -0.2) is 18.1 Å². The molecule has 15 heavy (non-hydrogen) atoms. The first-order chi connectivity index (χ1) is 7.24. The summed E-state index contributed by atoms with van der Waals surface area (Å²) in [7, 11) is 0. The van der Waals surface area contributed by atoms with Gasteiger partial charge in [-0.25, -0.2) is 4.39 Å². The largest absolute Gasteiger partial charge is 0.385 e. The third-order valence-corrected chi connectivity index (χ3v) is 3.93. The molecule has 1 heterocycles. The topological polar surface area (TPSA) is 12.0 Å². The van der Waals surface area contributed by atoms with E-state index in [-0.39, 0.29) is 5.82 Å². The van der Waals surface area contributed by atoms with Crippen LogP contribution in [0.2, 0.25) is 5.02 Å². The predicted octanol–water partition coefficient (Wildman–Crippen LogP) is 3.64. The van der Waals surface area contributed by atoms with E-state index in [2.05, 4.69) is 5.32 Å². The quantitative estimate of drug-likeness (QED) is 0.873. The third-order valence-electron chi connectivity index (χ3n) is 2.48. The summed E-state index contributed by atoms with van der Waals surface area (Å²) in [5.74, 6) is 2.87. The molecule has 1 aliphatic heterocycles. The zero-order chi connectivity index (χ0) is 10.7. The minimum Gasteiger partial charge on any atom is -0.385 e. The Bertz CT molecular complexity index is 319. The molecule has 82 valence electrons. The lowest BCUT2D eigenvalue weighted by atomic mass is 10.1. The zero-order valence-electron chi connectivity index (χ0n) is 8.30. The second-order valence-electron chi connectivity index (χ2n) is 3.77. The molecule has 0 radical (unpaired) electrons. The summed E-state index contributed by atoms with van der Waals surface area (Å²) in [5.41, 5.74) is 0.775. The molecule has 1 atom stereocenters. The summed E-state index contributed by atoms with van der Waals surface area (Å²) < 4.78 is 13.0. The van der Waals surface area contributed by atoms with E-state index < -0.39 is 0 Å². The van der Waals surface area contributed by atoms with Crippen molar-refractivity contribution in [2.45, 2.75) is 6.42 Å². The third kappa shape index (κ3) is 3.28. The molecular weight excluding hydrogens is 233 g/mol. The van der Waals surface area contributed by atoms with Crippen molar-refractivity contribution in [1.29, 1.82) is 0 Å². The highest BCUT2D eigenvalue weighted by Gasteiger charge is 2.14. The van der Waals surface area contributed by atoms with Gasteiger partial charge in [-0.05, 0) is 42.0 Å². The predicted molar refractivity (Wildman–Crippen MR) is 65.3 cm³/mol. The highest BCUT2D eigenvalue weighted by atomic mass is 35.5. The van der Waals surface area contributed by atoms with E-state index in [9.17, 15) is 4.39 Å². The Kier molecular flexibility index (Phi) is 3.76. The standard InChI is InChI=1S/C11H13ClFNS/c12-9-3-10(13)5-11(4-9)14-6-8-1-2-15-7-8/h3-5,8,14H,1-2,6-7H2. The van der Waals surface area contributed by atoms with E-state index in [4.69, 9.17) is 11.6 Å². The Morgan fingerprint density at radius 1 is 1.47 bits per heavy atom. The van der Waals surface area contributed by atoms with E-state index in [1.165, 1.54) is 30.1 Å². The second kappa shape index (κ2) is 5.08.